The highest BCUT2D eigenvalue weighted by Crippen LogP contribution is 2.16. The van der Waals surface area contributed by atoms with Crippen LogP contribution in [0.25, 0.3) is 0 Å². The molecule has 1 aromatic carbocycles. The van der Waals surface area contributed by atoms with Crippen LogP contribution >= 0.6 is 0 Å². The molecule has 0 bridgehead atoms. The van der Waals surface area contributed by atoms with Crippen molar-refractivity contribution in [2.45, 2.75) is 30.3 Å². The van der Waals surface area contributed by atoms with Gasteiger partial charge in [0, 0.05) is 51.5 Å². The van der Waals surface area contributed by atoms with Crippen molar-refractivity contribution >= 4 is 10.0 Å². The number of hydrogen-bond acceptors (Lipinski definition) is 5. The molecule has 10 heteroatoms. The molecule has 0 spiro atoms. The smallest absolute Gasteiger partial charge is 0.299 e. The number of rotatable bonds is 5. The van der Waals surface area contributed by atoms with Crippen molar-refractivity contribution in [3.05, 3.63) is 62.7 Å². The standard InChI is InChI=1S/C18H23FN4O4S/c1-21-15(11-17(24)22(2)18(21)25)12-23-9-7-14(8-10-23)20-28(26,27)16-5-3-13(19)4-6-16/h3-6,11,14,20H,7-10,12H2,1-2H3. The van der Waals surface area contributed by atoms with Crippen molar-refractivity contribution in [1.29, 1.82) is 0 Å². The van der Waals surface area contributed by atoms with Gasteiger partial charge in [0.15, 0.2) is 0 Å². The van der Waals surface area contributed by atoms with Gasteiger partial charge in [0.2, 0.25) is 10.0 Å². The van der Waals surface area contributed by atoms with E-state index in [1.807, 2.05) is 0 Å². The number of piperidine rings is 1. The molecule has 0 amide bonds. The Hall–Kier alpha value is -2.30. The summed E-state index contributed by atoms with van der Waals surface area (Å²) in [7, 11) is -0.637. The van der Waals surface area contributed by atoms with E-state index in [1.165, 1.54) is 29.8 Å². The Morgan fingerprint density at radius 3 is 2.29 bits per heavy atom. The van der Waals surface area contributed by atoms with Gasteiger partial charge in [-0.05, 0) is 37.1 Å². The molecule has 3 rings (SSSR count). The predicted octanol–water partition coefficient (Wildman–Crippen LogP) is 0.166. The molecule has 0 atom stereocenters. The molecule has 0 radical (unpaired) electrons. The van der Waals surface area contributed by atoms with E-state index in [0.29, 0.717) is 38.2 Å². The lowest BCUT2D eigenvalue weighted by Gasteiger charge is -2.32. The van der Waals surface area contributed by atoms with E-state index in [1.54, 1.807) is 7.05 Å². The first-order valence-corrected chi connectivity index (χ1v) is 10.4. The first-order valence-electron chi connectivity index (χ1n) is 8.93. The Labute approximate surface area is 162 Å². The second-order valence-electron chi connectivity index (χ2n) is 7.00. The average Bonchev–Trinajstić information content (AvgIpc) is 2.66. The highest BCUT2D eigenvalue weighted by atomic mass is 32.2. The van der Waals surface area contributed by atoms with E-state index < -0.39 is 15.8 Å². The molecular formula is C18H23FN4O4S. The van der Waals surface area contributed by atoms with Crippen LogP contribution in [0.1, 0.15) is 18.5 Å². The van der Waals surface area contributed by atoms with Crippen LogP contribution < -0.4 is 16.0 Å². The molecule has 1 aliphatic heterocycles. The topological polar surface area (TPSA) is 93.4 Å². The van der Waals surface area contributed by atoms with Crippen LogP contribution in [0.5, 0.6) is 0 Å². The lowest BCUT2D eigenvalue weighted by molar-refractivity contribution is 0.195. The van der Waals surface area contributed by atoms with Crippen molar-refractivity contribution < 1.29 is 12.8 Å². The summed E-state index contributed by atoms with van der Waals surface area (Å²) in [5.74, 6) is -0.489. The average molecular weight is 410 g/mol. The summed E-state index contributed by atoms with van der Waals surface area (Å²) in [4.78, 5) is 26.0. The zero-order chi connectivity index (χ0) is 20.5. The Balaban J connectivity index is 1.61. The Morgan fingerprint density at radius 1 is 1.07 bits per heavy atom. The van der Waals surface area contributed by atoms with Gasteiger partial charge in [-0.2, -0.15) is 0 Å². The van der Waals surface area contributed by atoms with Gasteiger partial charge in [-0.15, -0.1) is 0 Å². The molecule has 1 fully saturated rings. The molecule has 0 saturated carbocycles. The van der Waals surface area contributed by atoms with Crippen LogP contribution in [-0.2, 0) is 30.7 Å². The van der Waals surface area contributed by atoms with Crippen LogP contribution in [0.4, 0.5) is 4.39 Å². The maximum absolute atomic E-state index is 13.0. The molecule has 2 aromatic rings. The number of sulfonamides is 1. The monoisotopic (exact) mass is 410 g/mol. The fourth-order valence-electron chi connectivity index (χ4n) is 3.27. The normalized spacial score (nSPS) is 16.4. The third kappa shape index (κ3) is 4.40. The van der Waals surface area contributed by atoms with Crippen LogP contribution in [0.2, 0.25) is 0 Å². The molecule has 0 unspecified atom stereocenters. The molecule has 28 heavy (non-hydrogen) atoms. The minimum atomic E-state index is -3.70. The van der Waals surface area contributed by atoms with E-state index in [0.717, 1.165) is 16.7 Å². The number of nitrogens with one attached hydrogen (secondary N) is 1. The van der Waals surface area contributed by atoms with Gasteiger partial charge in [0.05, 0.1) is 4.90 Å². The molecule has 1 saturated heterocycles. The number of aromatic nitrogens is 2. The molecule has 1 N–H and O–H groups in total. The van der Waals surface area contributed by atoms with Crippen molar-refractivity contribution in [2.75, 3.05) is 13.1 Å². The van der Waals surface area contributed by atoms with Gasteiger partial charge >= 0.3 is 5.69 Å². The van der Waals surface area contributed by atoms with Gasteiger partial charge in [-0.25, -0.2) is 22.3 Å². The summed E-state index contributed by atoms with van der Waals surface area (Å²) in [5, 5.41) is 0. The van der Waals surface area contributed by atoms with Crippen molar-refractivity contribution in [1.82, 2.24) is 18.8 Å². The Kier molecular flexibility index (Phi) is 5.82. The summed E-state index contributed by atoms with van der Waals surface area (Å²) in [6.07, 6.45) is 1.19. The zero-order valence-electron chi connectivity index (χ0n) is 15.8. The summed E-state index contributed by atoms with van der Waals surface area (Å²) < 4.78 is 43.0. The van der Waals surface area contributed by atoms with Gasteiger partial charge in [0.1, 0.15) is 5.82 Å². The summed E-state index contributed by atoms with van der Waals surface area (Å²) in [6, 6.07) is 5.94. The second-order valence-corrected chi connectivity index (χ2v) is 8.71. The quantitative estimate of drug-likeness (QED) is 0.758. The second kappa shape index (κ2) is 7.98. The summed E-state index contributed by atoms with van der Waals surface area (Å²) in [5.41, 5.74) is -0.0945. The maximum atomic E-state index is 13.0. The Bertz CT molecular complexity index is 1070. The fraction of sp³-hybridized carbons (Fsp3) is 0.444. The SMILES string of the molecule is Cn1c(CN2CCC(NS(=O)(=O)c3ccc(F)cc3)CC2)cc(=O)n(C)c1=O. The number of nitrogens with zero attached hydrogens (tertiary/aromatic N) is 3. The van der Waals surface area contributed by atoms with Crippen LogP contribution in [0, 0.1) is 5.82 Å². The van der Waals surface area contributed by atoms with E-state index in [-0.39, 0.29) is 22.2 Å². The van der Waals surface area contributed by atoms with Crippen LogP contribution in [-0.4, -0.2) is 41.6 Å². The van der Waals surface area contributed by atoms with E-state index in [2.05, 4.69) is 9.62 Å². The van der Waals surface area contributed by atoms with Crippen LogP contribution in [0.3, 0.4) is 0 Å². The lowest BCUT2D eigenvalue weighted by Crippen LogP contribution is -2.45. The van der Waals surface area contributed by atoms with Gasteiger partial charge in [-0.3, -0.25) is 18.8 Å². The first-order chi connectivity index (χ1) is 13.2. The fourth-order valence-corrected chi connectivity index (χ4v) is 4.57. The number of benzene rings is 1. The molecule has 0 aliphatic carbocycles. The highest BCUT2D eigenvalue weighted by molar-refractivity contribution is 7.89. The number of halogens is 1. The van der Waals surface area contributed by atoms with E-state index in [9.17, 15) is 22.4 Å². The number of hydrogen-bond donors (Lipinski definition) is 1. The maximum Gasteiger partial charge on any atom is 0.330 e. The van der Waals surface area contributed by atoms with Gasteiger partial charge < -0.3 is 0 Å². The molecule has 152 valence electrons. The minimum absolute atomic E-state index is 0.0338. The minimum Gasteiger partial charge on any atom is -0.299 e. The summed E-state index contributed by atoms with van der Waals surface area (Å²) >= 11 is 0. The van der Waals surface area contributed by atoms with Crippen LogP contribution in [0.15, 0.2) is 44.8 Å². The van der Waals surface area contributed by atoms with E-state index >= 15 is 0 Å². The molecule has 1 aliphatic rings. The molecular weight excluding hydrogens is 387 g/mol. The van der Waals surface area contributed by atoms with Crippen molar-refractivity contribution in [2.24, 2.45) is 14.1 Å². The van der Waals surface area contributed by atoms with Gasteiger partial charge in [-0.1, -0.05) is 0 Å². The molecule has 2 heterocycles. The predicted molar refractivity (Wildman–Crippen MR) is 102 cm³/mol. The van der Waals surface area contributed by atoms with Crippen molar-refractivity contribution in [3.8, 4) is 0 Å². The first kappa shape index (κ1) is 20.4. The molecule has 8 nitrogen and oxygen atoms in total. The zero-order valence-corrected chi connectivity index (χ0v) is 16.6. The number of likely N-dealkylation sites (tertiary alicyclic amines) is 1. The van der Waals surface area contributed by atoms with Gasteiger partial charge in [0.25, 0.3) is 5.56 Å². The summed E-state index contributed by atoms with van der Waals surface area (Å²) in [6.45, 7) is 1.69. The molecule has 1 aromatic heterocycles. The highest BCUT2D eigenvalue weighted by Gasteiger charge is 2.25. The lowest BCUT2D eigenvalue weighted by atomic mass is 10.1. The third-order valence-electron chi connectivity index (χ3n) is 5.04. The van der Waals surface area contributed by atoms with E-state index in [4.69, 9.17) is 0 Å². The third-order valence-corrected chi connectivity index (χ3v) is 6.58. The largest absolute Gasteiger partial charge is 0.330 e. The Morgan fingerprint density at radius 2 is 1.68 bits per heavy atom. The van der Waals surface area contributed by atoms with Crippen molar-refractivity contribution in [3.63, 3.8) is 0 Å².